The van der Waals surface area contributed by atoms with Crippen LogP contribution in [0.5, 0.6) is 5.75 Å². The van der Waals surface area contributed by atoms with Crippen LogP contribution in [0.3, 0.4) is 0 Å². The van der Waals surface area contributed by atoms with E-state index in [1.54, 1.807) is 27.0 Å². The number of hydrogen-bond donors (Lipinski definition) is 1. The fourth-order valence-corrected chi connectivity index (χ4v) is 3.04. The van der Waals surface area contributed by atoms with Crippen molar-refractivity contribution in [3.05, 3.63) is 99.0 Å². The standard InChI is InChI=1S/C23H21NO3/c1-15-13-16(2)24-23(26)21(15)22(25)20(18-7-5-4-6-8-18)14-17-9-11-19(27-3)12-10-17/h4-14H,1-3H3,(H,24,26)/b20-14+. The molecule has 0 fully saturated rings. The third-order valence-electron chi connectivity index (χ3n) is 4.35. The Kier molecular flexibility index (Phi) is 5.36. The van der Waals surface area contributed by atoms with Crippen LogP contribution in [0.1, 0.15) is 32.7 Å². The summed E-state index contributed by atoms with van der Waals surface area (Å²) in [7, 11) is 1.61. The molecule has 0 unspecified atom stereocenters. The number of ether oxygens (including phenoxy) is 1. The molecule has 27 heavy (non-hydrogen) atoms. The van der Waals surface area contributed by atoms with Gasteiger partial charge in [-0.15, -0.1) is 0 Å². The first-order valence-corrected chi connectivity index (χ1v) is 8.66. The topological polar surface area (TPSA) is 59.2 Å². The van der Waals surface area contributed by atoms with Crippen molar-refractivity contribution >= 4 is 17.4 Å². The maximum absolute atomic E-state index is 13.3. The zero-order valence-corrected chi connectivity index (χ0v) is 15.6. The molecule has 0 aliphatic carbocycles. The van der Waals surface area contributed by atoms with Crippen LogP contribution < -0.4 is 10.3 Å². The first kappa shape index (κ1) is 18.4. The SMILES string of the molecule is COc1ccc(/C=C(/C(=O)c2c(C)cc(C)[nH]c2=O)c2ccccc2)cc1. The van der Waals surface area contributed by atoms with Crippen molar-refractivity contribution in [1.82, 2.24) is 4.98 Å². The van der Waals surface area contributed by atoms with Crippen molar-refractivity contribution in [2.24, 2.45) is 0 Å². The third-order valence-corrected chi connectivity index (χ3v) is 4.35. The summed E-state index contributed by atoms with van der Waals surface area (Å²) in [5, 5.41) is 0. The van der Waals surface area contributed by atoms with E-state index < -0.39 is 0 Å². The fraction of sp³-hybridized carbons (Fsp3) is 0.130. The number of nitrogens with one attached hydrogen (secondary N) is 1. The minimum Gasteiger partial charge on any atom is -0.497 e. The Morgan fingerprint density at radius 3 is 2.26 bits per heavy atom. The number of carbonyl (C=O) groups is 1. The molecule has 3 rings (SSSR count). The minimum atomic E-state index is -0.367. The van der Waals surface area contributed by atoms with E-state index in [0.29, 0.717) is 11.1 Å². The quantitative estimate of drug-likeness (QED) is 0.417. The monoisotopic (exact) mass is 359 g/mol. The molecule has 1 N–H and O–H groups in total. The number of pyridine rings is 1. The molecule has 0 radical (unpaired) electrons. The highest BCUT2D eigenvalue weighted by molar-refractivity contribution is 6.32. The zero-order valence-electron chi connectivity index (χ0n) is 15.6. The van der Waals surface area contributed by atoms with Crippen molar-refractivity contribution in [1.29, 1.82) is 0 Å². The number of allylic oxidation sites excluding steroid dienone is 1. The highest BCUT2D eigenvalue weighted by Crippen LogP contribution is 2.24. The molecular weight excluding hydrogens is 338 g/mol. The number of ketones is 1. The van der Waals surface area contributed by atoms with Crippen LogP contribution in [0.15, 0.2) is 65.5 Å². The van der Waals surface area contributed by atoms with E-state index in [2.05, 4.69) is 4.98 Å². The molecule has 2 aromatic carbocycles. The Bertz CT molecular complexity index is 1050. The smallest absolute Gasteiger partial charge is 0.259 e. The molecule has 136 valence electrons. The number of hydrogen-bond acceptors (Lipinski definition) is 3. The summed E-state index contributed by atoms with van der Waals surface area (Å²) in [6.45, 7) is 3.58. The number of rotatable bonds is 5. The van der Waals surface area contributed by atoms with Gasteiger partial charge in [0.05, 0.1) is 12.7 Å². The van der Waals surface area contributed by atoms with Crippen LogP contribution in [0.2, 0.25) is 0 Å². The highest BCUT2D eigenvalue weighted by Gasteiger charge is 2.20. The summed E-state index contributed by atoms with van der Waals surface area (Å²) in [6.07, 6.45) is 1.80. The van der Waals surface area contributed by atoms with E-state index in [-0.39, 0.29) is 16.9 Å². The van der Waals surface area contributed by atoms with E-state index in [9.17, 15) is 9.59 Å². The van der Waals surface area contributed by atoms with E-state index in [1.165, 1.54) is 0 Å². The summed E-state index contributed by atoms with van der Waals surface area (Å²) >= 11 is 0. The second-order valence-electron chi connectivity index (χ2n) is 6.37. The van der Waals surface area contributed by atoms with E-state index in [4.69, 9.17) is 4.74 Å². The molecule has 0 spiro atoms. The largest absolute Gasteiger partial charge is 0.497 e. The summed E-state index contributed by atoms with van der Waals surface area (Å²) in [5.41, 5.74) is 3.28. The normalized spacial score (nSPS) is 11.3. The molecule has 0 saturated heterocycles. The molecule has 0 aliphatic heterocycles. The zero-order chi connectivity index (χ0) is 19.4. The van der Waals surface area contributed by atoms with Crippen molar-refractivity contribution in [3.63, 3.8) is 0 Å². The number of benzene rings is 2. The first-order chi connectivity index (χ1) is 13.0. The van der Waals surface area contributed by atoms with Gasteiger partial charge in [-0.05, 0) is 54.8 Å². The number of aromatic amines is 1. The summed E-state index contributed by atoms with van der Waals surface area (Å²) in [4.78, 5) is 28.5. The van der Waals surface area contributed by atoms with Gasteiger partial charge in [0, 0.05) is 11.3 Å². The van der Waals surface area contributed by atoms with Crippen LogP contribution in [-0.2, 0) is 0 Å². The molecule has 0 amide bonds. The van der Waals surface area contributed by atoms with Gasteiger partial charge in [0.25, 0.3) is 5.56 Å². The van der Waals surface area contributed by atoms with Gasteiger partial charge >= 0.3 is 0 Å². The van der Waals surface area contributed by atoms with Crippen molar-refractivity contribution in [3.8, 4) is 5.75 Å². The molecule has 1 aromatic heterocycles. The van der Waals surface area contributed by atoms with Gasteiger partial charge in [0.15, 0.2) is 5.78 Å². The van der Waals surface area contributed by atoms with Crippen LogP contribution in [0.4, 0.5) is 0 Å². The lowest BCUT2D eigenvalue weighted by atomic mass is 9.93. The van der Waals surface area contributed by atoms with Gasteiger partial charge in [-0.1, -0.05) is 42.5 Å². The van der Waals surface area contributed by atoms with Gasteiger partial charge in [-0.25, -0.2) is 0 Å². The lowest BCUT2D eigenvalue weighted by molar-refractivity contribution is 0.105. The Morgan fingerprint density at radius 1 is 1.00 bits per heavy atom. The van der Waals surface area contributed by atoms with Crippen LogP contribution >= 0.6 is 0 Å². The summed E-state index contributed by atoms with van der Waals surface area (Å²) in [6, 6.07) is 18.6. The van der Waals surface area contributed by atoms with Crippen molar-refractivity contribution in [2.75, 3.05) is 7.11 Å². The van der Waals surface area contributed by atoms with Crippen LogP contribution in [0.25, 0.3) is 11.6 Å². The molecule has 0 aliphatic rings. The Morgan fingerprint density at radius 2 is 1.67 bits per heavy atom. The minimum absolute atomic E-state index is 0.171. The Hall–Kier alpha value is -3.40. The average Bonchev–Trinajstić information content (AvgIpc) is 2.66. The predicted molar refractivity (Wildman–Crippen MR) is 108 cm³/mol. The number of carbonyl (C=O) groups excluding carboxylic acids is 1. The van der Waals surface area contributed by atoms with E-state index in [0.717, 1.165) is 22.6 Å². The number of H-pyrrole nitrogens is 1. The fourth-order valence-electron chi connectivity index (χ4n) is 3.04. The van der Waals surface area contributed by atoms with Crippen LogP contribution in [-0.4, -0.2) is 17.9 Å². The summed E-state index contributed by atoms with van der Waals surface area (Å²) in [5.74, 6) is 0.446. The number of aromatic nitrogens is 1. The molecule has 0 bridgehead atoms. The second-order valence-corrected chi connectivity index (χ2v) is 6.37. The number of Topliss-reactive ketones (excluding diaryl/α,β-unsaturated/α-hetero) is 1. The van der Waals surface area contributed by atoms with Crippen LogP contribution in [0, 0.1) is 13.8 Å². The lowest BCUT2D eigenvalue weighted by Gasteiger charge is -2.10. The van der Waals surface area contributed by atoms with Crippen molar-refractivity contribution in [2.45, 2.75) is 13.8 Å². The molecule has 4 heteroatoms. The molecule has 1 heterocycles. The average molecular weight is 359 g/mol. The second kappa shape index (κ2) is 7.87. The summed E-state index contributed by atoms with van der Waals surface area (Å²) < 4.78 is 5.19. The molecule has 3 aromatic rings. The molecular formula is C23H21NO3. The number of aryl methyl sites for hydroxylation is 2. The third kappa shape index (κ3) is 4.06. The molecule has 0 atom stereocenters. The van der Waals surface area contributed by atoms with Gasteiger partial charge in [0.2, 0.25) is 0 Å². The van der Waals surface area contributed by atoms with Crippen molar-refractivity contribution < 1.29 is 9.53 Å². The number of methoxy groups -OCH3 is 1. The van der Waals surface area contributed by atoms with Gasteiger partial charge < -0.3 is 9.72 Å². The maximum atomic E-state index is 13.3. The van der Waals surface area contributed by atoms with E-state index >= 15 is 0 Å². The first-order valence-electron chi connectivity index (χ1n) is 8.66. The lowest BCUT2D eigenvalue weighted by Crippen LogP contribution is -2.21. The Balaban J connectivity index is 2.14. The van der Waals surface area contributed by atoms with Gasteiger partial charge in [-0.2, -0.15) is 0 Å². The Labute approximate surface area is 158 Å². The predicted octanol–water partition coefficient (Wildman–Crippen LogP) is 4.42. The van der Waals surface area contributed by atoms with Gasteiger partial charge in [-0.3, -0.25) is 9.59 Å². The van der Waals surface area contributed by atoms with E-state index in [1.807, 2.05) is 60.7 Å². The van der Waals surface area contributed by atoms with Gasteiger partial charge in [0.1, 0.15) is 5.75 Å². The highest BCUT2D eigenvalue weighted by atomic mass is 16.5. The maximum Gasteiger partial charge on any atom is 0.259 e. The molecule has 0 saturated carbocycles. The molecule has 4 nitrogen and oxygen atoms in total.